The van der Waals surface area contributed by atoms with E-state index in [-0.39, 0.29) is 28.4 Å². The predicted octanol–water partition coefficient (Wildman–Crippen LogP) is 3.76. The van der Waals surface area contributed by atoms with Crippen molar-refractivity contribution in [3.8, 4) is 22.6 Å². The Bertz CT molecular complexity index is 1270. The molecule has 0 unspecified atom stereocenters. The van der Waals surface area contributed by atoms with Gasteiger partial charge in [0.25, 0.3) is 15.6 Å². The lowest BCUT2D eigenvalue weighted by molar-refractivity contribution is 0.443. The molecule has 3 aromatic rings. The number of halogens is 1. The van der Waals surface area contributed by atoms with E-state index in [0.29, 0.717) is 11.1 Å². The van der Waals surface area contributed by atoms with Gasteiger partial charge in [0.2, 0.25) is 0 Å². The average molecular weight is 429 g/mol. The molecule has 0 fully saturated rings. The van der Waals surface area contributed by atoms with Crippen molar-refractivity contribution in [2.45, 2.75) is 6.92 Å². The zero-order valence-corrected chi connectivity index (χ0v) is 17.2. The van der Waals surface area contributed by atoms with E-state index >= 15 is 0 Å². The molecule has 0 radical (unpaired) electrons. The summed E-state index contributed by atoms with van der Waals surface area (Å²) in [6.07, 6.45) is 1.53. The number of nitrogens with zero attached hydrogens (tertiary/aromatic N) is 1. The van der Waals surface area contributed by atoms with Crippen LogP contribution in [0.3, 0.4) is 0 Å². The van der Waals surface area contributed by atoms with Crippen LogP contribution in [0.15, 0.2) is 65.4 Å². The molecule has 0 spiro atoms. The highest BCUT2D eigenvalue weighted by atomic mass is 32.2. The summed E-state index contributed by atoms with van der Waals surface area (Å²) in [4.78, 5) is 12.0. The number of benzene rings is 2. The minimum atomic E-state index is -3.74. The molecule has 156 valence electrons. The Morgan fingerprint density at radius 3 is 2.50 bits per heavy atom. The molecule has 0 saturated heterocycles. The number of aromatic nitrogens is 1. The number of pyridine rings is 1. The van der Waals surface area contributed by atoms with Gasteiger partial charge >= 0.3 is 0 Å². The molecule has 1 heterocycles. The fourth-order valence-electron chi connectivity index (χ4n) is 2.81. The van der Waals surface area contributed by atoms with Gasteiger partial charge in [-0.15, -0.1) is 0 Å². The largest absolute Gasteiger partial charge is 0.454 e. The standard InChI is InChI=1S/C21H20FN3O4S/c1-4-30(27,28)24-15-6-8-19(29-20-7-5-13(2)9-17(20)22)16(11-15)14-10-18(23)21(26)25(3)12-14/h4-12,24H,1,23H2,2-3H3. The first-order valence-electron chi connectivity index (χ1n) is 8.79. The SMILES string of the molecule is C=CS(=O)(=O)Nc1ccc(Oc2ccc(C)cc2F)c(-c2cc(N)c(=O)n(C)c2)c1. The van der Waals surface area contributed by atoms with Crippen LogP contribution in [0, 0.1) is 12.7 Å². The monoisotopic (exact) mass is 429 g/mol. The van der Waals surface area contributed by atoms with Crippen molar-refractivity contribution in [2.24, 2.45) is 7.05 Å². The van der Waals surface area contributed by atoms with Crippen molar-refractivity contribution < 1.29 is 17.5 Å². The number of hydrogen-bond donors (Lipinski definition) is 2. The number of sulfonamides is 1. The maximum atomic E-state index is 14.3. The molecule has 30 heavy (non-hydrogen) atoms. The molecular weight excluding hydrogens is 409 g/mol. The van der Waals surface area contributed by atoms with E-state index in [1.165, 1.54) is 54.2 Å². The summed E-state index contributed by atoms with van der Waals surface area (Å²) in [5, 5.41) is 0.781. The van der Waals surface area contributed by atoms with Crippen LogP contribution >= 0.6 is 0 Å². The fourth-order valence-corrected chi connectivity index (χ4v) is 3.34. The van der Waals surface area contributed by atoms with Crippen molar-refractivity contribution in [1.29, 1.82) is 0 Å². The van der Waals surface area contributed by atoms with Crippen LogP contribution in [0.4, 0.5) is 15.8 Å². The predicted molar refractivity (Wildman–Crippen MR) is 115 cm³/mol. The first-order valence-corrected chi connectivity index (χ1v) is 10.3. The highest BCUT2D eigenvalue weighted by Crippen LogP contribution is 2.37. The maximum Gasteiger partial charge on any atom is 0.273 e. The number of rotatable bonds is 6. The minimum absolute atomic E-state index is 0.000424. The minimum Gasteiger partial charge on any atom is -0.454 e. The number of nitrogen functional groups attached to an aromatic ring is 1. The molecule has 2 aromatic carbocycles. The Balaban J connectivity index is 2.16. The maximum absolute atomic E-state index is 14.3. The molecule has 0 amide bonds. The number of nitrogens with one attached hydrogen (secondary N) is 1. The molecule has 3 rings (SSSR count). The number of anilines is 2. The van der Waals surface area contributed by atoms with E-state index < -0.39 is 15.8 Å². The second-order valence-electron chi connectivity index (χ2n) is 6.66. The van der Waals surface area contributed by atoms with Crippen LogP contribution in [-0.4, -0.2) is 13.0 Å². The summed E-state index contributed by atoms with van der Waals surface area (Å²) in [6.45, 7) is 5.02. The first kappa shape index (κ1) is 21.1. The molecule has 1 aromatic heterocycles. The van der Waals surface area contributed by atoms with Gasteiger partial charge in [0.15, 0.2) is 11.6 Å². The third-order valence-corrected chi connectivity index (χ3v) is 5.25. The number of ether oxygens (including phenoxy) is 1. The van der Waals surface area contributed by atoms with Crippen molar-refractivity contribution >= 4 is 21.4 Å². The summed E-state index contributed by atoms with van der Waals surface area (Å²) >= 11 is 0. The van der Waals surface area contributed by atoms with Crippen LogP contribution in [-0.2, 0) is 17.1 Å². The van der Waals surface area contributed by atoms with E-state index in [4.69, 9.17) is 10.5 Å². The Hall–Kier alpha value is -3.59. The number of aryl methyl sites for hydroxylation is 2. The third-order valence-electron chi connectivity index (χ3n) is 4.29. The Morgan fingerprint density at radius 1 is 1.17 bits per heavy atom. The lowest BCUT2D eigenvalue weighted by Crippen LogP contribution is -2.19. The van der Waals surface area contributed by atoms with E-state index in [1.807, 2.05) is 0 Å². The number of nitrogens with two attached hydrogens (primary N) is 1. The Kier molecular flexibility index (Phi) is 5.66. The van der Waals surface area contributed by atoms with Gasteiger partial charge in [-0.25, -0.2) is 12.8 Å². The van der Waals surface area contributed by atoms with Gasteiger partial charge in [-0.2, -0.15) is 0 Å². The third kappa shape index (κ3) is 4.52. The summed E-state index contributed by atoms with van der Waals surface area (Å²) in [7, 11) is -2.21. The second-order valence-corrected chi connectivity index (χ2v) is 8.29. The van der Waals surface area contributed by atoms with E-state index in [1.54, 1.807) is 13.0 Å². The average Bonchev–Trinajstić information content (AvgIpc) is 2.68. The van der Waals surface area contributed by atoms with Gasteiger partial charge in [-0.3, -0.25) is 9.52 Å². The van der Waals surface area contributed by atoms with E-state index in [9.17, 15) is 17.6 Å². The smallest absolute Gasteiger partial charge is 0.273 e. The van der Waals surface area contributed by atoms with E-state index in [2.05, 4.69) is 11.3 Å². The van der Waals surface area contributed by atoms with Gasteiger partial charge in [-0.05, 0) is 48.9 Å². The van der Waals surface area contributed by atoms with Crippen molar-refractivity contribution in [1.82, 2.24) is 4.57 Å². The molecular formula is C21H20FN3O4S. The van der Waals surface area contributed by atoms with Gasteiger partial charge in [0.05, 0.1) is 5.69 Å². The molecule has 0 atom stereocenters. The van der Waals surface area contributed by atoms with Crippen LogP contribution in [0.5, 0.6) is 11.5 Å². The Labute approximate surface area is 173 Å². The first-order chi connectivity index (χ1) is 14.1. The topological polar surface area (TPSA) is 103 Å². The van der Waals surface area contributed by atoms with Crippen molar-refractivity contribution in [2.75, 3.05) is 10.5 Å². The quantitative estimate of drug-likeness (QED) is 0.621. The lowest BCUT2D eigenvalue weighted by atomic mass is 10.0. The molecule has 0 bridgehead atoms. The fraction of sp³-hybridized carbons (Fsp3) is 0.0952. The van der Waals surface area contributed by atoms with Crippen molar-refractivity contribution in [3.63, 3.8) is 0 Å². The molecule has 0 aliphatic heterocycles. The van der Waals surface area contributed by atoms with Gasteiger partial charge in [-0.1, -0.05) is 12.6 Å². The van der Waals surface area contributed by atoms with Gasteiger partial charge in [0.1, 0.15) is 5.75 Å². The van der Waals surface area contributed by atoms with Crippen LogP contribution in [0.2, 0.25) is 0 Å². The van der Waals surface area contributed by atoms with Crippen LogP contribution in [0.1, 0.15) is 5.56 Å². The number of hydrogen-bond acceptors (Lipinski definition) is 5. The summed E-state index contributed by atoms with van der Waals surface area (Å²) < 4.78 is 47.4. The van der Waals surface area contributed by atoms with Gasteiger partial charge < -0.3 is 15.0 Å². The molecule has 3 N–H and O–H groups in total. The molecule has 7 nitrogen and oxygen atoms in total. The normalized spacial score (nSPS) is 11.2. The van der Waals surface area contributed by atoms with E-state index in [0.717, 1.165) is 11.0 Å². The Morgan fingerprint density at radius 2 is 1.87 bits per heavy atom. The zero-order chi connectivity index (χ0) is 22.1. The molecule has 0 aliphatic rings. The summed E-state index contributed by atoms with van der Waals surface area (Å²) in [5.41, 5.74) is 7.28. The van der Waals surface area contributed by atoms with Crippen LogP contribution < -0.4 is 20.8 Å². The lowest BCUT2D eigenvalue weighted by Gasteiger charge is -2.15. The summed E-state index contributed by atoms with van der Waals surface area (Å²) in [5.74, 6) is -0.297. The molecule has 0 aliphatic carbocycles. The second kappa shape index (κ2) is 8.03. The summed E-state index contributed by atoms with van der Waals surface area (Å²) in [6, 6.07) is 10.5. The molecule has 0 saturated carbocycles. The van der Waals surface area contributed by atoms with Gasteiger partial charge in [0, 0.05) is 35.5 Å². The highest BCUT2D eigenvalue weighted by molar-refractivity contribution is 7.95. The zero-order valence-electron chi connectivity index (χ0n) is 16.3. The highest BCUT2D eigenvalue weighted by Gasteiger charge is 2.15. The van der Waals surface area contributed by atoms with Crippen molar-refractivity contribution in [3.05, 3.63) is 82.4 Å². The molecule has 9 heteroatoms. The van der Waals surface area contributed by atoms with Crippen LogP contribution in [0.25, 0.3) is 11.1 Å².